The molecular formula is C21H18ClNO3S. The second kappa shape index (κ2) is 7.79. The molecule has 1 saturated heterocycles. The zero-order valence-corrected chi connectivity index (χ0v) is 16.1. The van der Waals surface area contributed by atoms with E-state index in [0.29, 0.717) is 18.7 Å². The number of nitrogens with zero attached hydrogens (tertiary/aromatic N) is 1. The molecule has 4 nitrogen and oxygen atoms in total. The lowest BCUT2D eigenvalue weighted by atomic mass is 10.1. The summed E-state index contributed by atoms with van der Waals surface area (Å²) < 4.78 is 5.32. The molecule has 2 aromatic carbocycles. The molecule has 3 aromatic rings. The molecule has 0 spiro atoms. The van der Waals surface area contributed by atoms with Crippen LogP contribution < -0.4 is 5.63 Å². The van der Waals surface area contributed by atoms with Crippen LogP contribution in [0.1, 0.15) is 27.6 Å². The number of rotatable bonds is 2. The number of hydrogen-bond acceptors (Lipinski definition) is 4. The van der Waals surface area contributed by atoms with Crippen molar-refractivity contribution in [2.75, 3.05) is 18.8 Å². The molecule has 0 N–H and O–H groups in total. The predicted octanol–water partition coefficient (Wildman–Crippen LogP) is 4.77. The first-order chi connectivity index (χ1) is 13.1. The lowest BCUT2D eigenvalue weighted by molar-refractivity contribution is 0.0762. The van der Waals surface area contributed by atoms with Crippen LogP contribution in [-0.2, 0) is 0 Å². The summed E-state index contributed by atoms with van der Waals surface area (Å²) in [6.07, 6.45) is 0.791. The first-order valence-corrected chi connectivity index (χ1v) is 10.2. The SMILES string of the molecule is O=C(c1cc2ccccc2oc1=O)N1CCSC(c2ccccc2Cl)CC1. The maximum Gasteiger partial charge on any atom is 0.349 e. The van der Waals surface area contributed by atoms with Crippen molar-refractivity contribution in [2.45, 2.75) is 11.7 Å². The third-order valence-corrected chi connectivity index (χ3v) is 6.41. The zero-order valence-electron chi connectivity index (χ0n) is 14.6. The highest BCUT2D eigenvalue weighted by Gasteiger charge is 2.26. The van der Waals surface area contributed by atoms with Crippen LogP contribution in [0.2, 0.25) is 5.02 Å². The van der Waals surface area contributed by atoms with Crippen molar-refractivity contribution < 1.29 is 9.21 Å². The Morgan fingerprint density at radius 2 is 1.89 bits per heavy atom. The number of hydrogen-bond donors (Lipinski definition) is 0. The summed E-state index contributed by atoms with van der Waals surface area (Å²) in [5, 5.41) is 1.74. The Morgan fingerprint density at radius 3 is 2.74 bits per heavy atom. The Balaban J connectivity index is 1.56. The molecule has 0 radical (unpaired) electrons. The number of fused-ring (bicyclic) bond motifs is 1. The van der Waals surface area contributed by atoms with E-state index in [4.69, 9.17) is 16.0 Å². The molecule has 1 unspecified atom stereocenters. The highest BCUT2D eigenvalue weighted by Crippen LogP contribution is 2.37. The standard InChI is InChI=1S/C21H18ClNO3S/c22-17-7-3-2-6-15(17)19-9-10-23(11-12-27-19)20(24)16-13-14-5-1-4-8-18(14)26-21(16)25/h1-8,13,19H,9-12H2. The number of amides is 1. The summed E-state index contributed by atoms with van der Waals surface area (Å²) in [7, 11) is 0. The number of carbonyl (C=O) groups is 1. The molecule has 138 valence electrons. The molecule has 27 heavy (non-hydrogen) atoms. The molecule has 1 aliphatic heterocycles. The van der Waals surface area contributed by atoms with Gasteiger partial charge in [0.25, 0.3) is 5.91 Å². The van der Waals surface area contributed by atoms with Crippen molar-refractivity contribution in [1.29, 1.82) is 0 Å². The summed E-state index contributed by atoms with van der Waals surface area (Å²) in [5.41, 5.74) is 1.10. The number of benzene rings is 2. The number of halogens is 1. The van der Waals surface area contributed by atoms with Gasteiger partial charge in [-0.3, -0.25) is 4.79 Å². The Bertz CT molecular complexity index is 1050. The van der Waals surface area contributed by atoms with Crippen molar-refractivity contribution in [1.82, 2.24) is 4.90 Å². The maximum atomic E-state index is 13.0. The molecule has 0 saturated carbocycles. The highest BCUT2D eigenvalue weighted by atomic mass is 35.5. The van der Waals surface area contributed by atoms with Crippen LogP contribution in [0.5, 0.6) is 0 Å². The fourth-order valence-corrected chi connectivity index (χ4v) is 4.94. The highest BCUT2D eigenvalue weighted by molar-refractivity contribution is 7.99. The largest absolute Gasteiger partial charge is 0.422 e. The number of carbonyl (C=O) groups excluding carboxylic acids is 1. The van der Waals surface area contributed by atoms with Crippen LogP contribution in [-0.4, -0.2) is 29.6 Å². The third-order valence-electron chi connectivity index (χ3n) is 4.75. The predicted molar refractivity (Wildman–Crippen MR) is 110 cm³/mol. The Kier molecular flexibility index (Phi) is 5.23. The van der Waals surface area contributed by atoms with Crippen molar-refractivity contribution in [2.24, 2.45) is 0 Å². The van der Waals surface area contributed by atoms with Gasteiger partial charge in [0.05, 0.1) is 0 Å². The van der Waals surface area contributed by atoms with Crippen molar-refractivity contribution in [3.05, 3.63) is 81.2 Å². The first kappa shape index (κ1) is 18.1. The molecule has 1 aromatic heterocycles. The first-order valence-electron chi connectivity index (χ1n) is 8.81. The van der Waals surface area contributed by atoms with Gasteiger partial charge in [-0.25, -0.2) is 4.79 Å². The Labute approximate surface area is 166 Å². The van der Waals surface area contributed by atoms with Crippen molar-refractivity contribution in [3.8, 4) is 0 Å². The van der Waals surface area contributed by atoms with Gasteiger partial charge in [-0.1, -0.05) is 48.0 Å². The fraction of sp³-hybridized carbons (Fsp3) is 0.238. The van der Waals surface area contributed by atoms with Gasteiger partial charge in [0.1, 0.15) is 11.1 Å². The molecule has 6 heteroatoms. The summed E-state index contributed by atoms with van der Waals surface area (Å²) in [4.78, 5) is 27.0. The molecule has 4 rings (SSSR count). The summed E-state index contributed by atoms with van der Waals surface area (Å²) in [6.45, 7) is 1.17. The smallest absolute Gasteiger partial charge is 0.349 e. The fourth-order valence-electron chi connectivity index (χ4n) is 3.34. The molecule has 1 atom stereocenters. The Morgan fingerprint density at radius 1 is 1.11 bits per heavy atom. The molecular weight excluding hydrogens is 382 g/mol. The van der Waals surface area contributed by atoms with Gasteiger partial charge in [0.15, 0.2) is 0 Å². The van der Waals surface area contributed by atoms with Crippen LogP contribution in [0.3, 0.4) is 0 Å². The van der Waals surface area contributed by atoms with Gasteiger partial charge in [0, 0.05) is 34.5 Å². The normalized spacial score (nSPS) is 17.7. The summed E-state index contributed by atoms with van der Waals surface area (Å²) in [5.74, 6) is 0.524. The molecule has 1 aliphatic rings. The Hall–Kier alpha value is -2.24. The molecule has 2 heterocycles. The molecule has 0 aliphatic carbocycles. The van der Waals surface area contributed by atoms with Gasteiger partial charge in [0.2, 0.25) is 0 Å². The monoisotopic (exact) mass is 399 g/mol. The van der Waals surface area contributed by atoms with Crippen molar-refractivity contribution in [3.63, 3.8) is 0 Å². The third kappa shape index (κ3) is 3.75. The van der Waals surface area contributed by atoms with E-state index in [-0.39, 0.29) is 16.7 Å². The van der Waals surface area contributed by atoms with E-state index in [1.165, 1.54) is 0 Å². The van der Waals surface area contributed by atoms with E-state index in [1.807, 2.05) is 36.4 Å². The number of para-hydroxylation sites is 1. The second-order valence-corrected chi connectivity index (χ2v) is 8.16. The summed E-state index contributed by atoms with van der Waals surface area (Å²) >= 11 is 8.13. The number of thioether (sulfide) groups is 1. The topological polar surface area (TPSA) is 50.5 Å². The second-order valence-electron chi connectivity index (χ2n) is 6.45. The zero-order chi connectivity index (χ0) is 18.8. The van der Waals surface area contributed by atoms with Gasteiger partial charge in [-0.15, -0.1) is 0 Å². The molecule has 1 fully saturated rings. The lowest BCUT2D eigenvalue weighted by Crippen LogP contribution is -2.35. The lowest BCUT2D eigenvalue weighted by Gasteiger charge is -2.20. The average Bonchev–Trinajstić information content (AvgIpc) is 2.93. The van der Waals surface area contributed by atoms with E-state index in [1.54, 1.807) is 34.9 Å². The van der Waals surface area contributed by atoms with Gasteiger partial charge in [-0.2, -0.15) is 11.8 Å². The maximum absolute atomic E-state index is 13.0. The van der Waals surface area contributed by atoms with Gasteiger partial charge < -0.3 is 9.32 Å². The molecule has 1 amide bonds. The minimum absolute atomic E-state index is 0.0925. The molecule has 0 bridgehead atoms. The van der Waals surface area contributed by atoms with Gasteiger partial charge >= 0.3 is 5.63 Å². The van der Waals surface area contributed by atoms with Gasteiger partial charge in [-0.05, 0) is 30.2 Å². The van der Waals surface area contributed by atoms with E-state index < -0.39 is 5.63 Å². The van der Waals surface area contributed by atoms with Crippen LogP contribution in [0, 0.1) is 0 Å². The van der Waals surface area contributed by atoms with E-state index in [2.05, 4.69) is 0 Å². The van der Waals surface area contributed by atoms with Crippen LogP contribution >= 0.6 is 23.4 Å². The average molecular weight is 400 g/mol. The van der Waals surface area contributed by atoms with Crippen LogP contribution in [0.15, 0.2) is 63.8 Å². The minimum Gasteiger partial charge on any atom is -0.422 e. The summed E-state index contributed by atoms with van der Waals surface area (Å²) in [6, 6.07) is 16.7. The van der Waals surface area contributed by atoms with E-state index >= 15 is 0 Å². The van der Waals surface area contributed by atoms with Crippen LogP contribution in [0.4, 0.5) is 0 Å². The van der Waals surface area contributed by atoms with E-state index in [9.17, 15) is 9.59 Å². The van der Waals surface area contributed by atoms with Crippen molar-refractivity contribution >= 4 is 40.2 Å². The van der Waals surface area contributed by atoms with E-state index in [0.717, 1.165) is 28.1 Å². The quantitative estimate of drug-likeness (QED) is 0.582. The minimum atomic E-state index is -0.585. The van der Waals surface area contributed by atoms with Crippen LogP contribution in [0.25, 0.3) is 11.0 Å².